The molecule has 1 saturated heterocycles. The van der Waals surface area contributed by atoms with Gasteiger partial charge in [0.1, 0.15) is 12.1 Å². The predicted molar refractivity (Wildman–Crippen MR) is 121 cm³/mol. The van der Waals surface area contributed by atoms with Crippen molar-refractivity contribution in [3.63, 3.8) is 0 Å². The summed E-state index contributed by atoms with van der Waals surface area (Å²) in [4.78, 5) is 28.6. The second kappa shape index (κ2) is 9.13. The fourth-order valence-electron chi connectivity index (χ4n) is 4.19. The van der Waals surface area contributed by atoms with E-state index in [4.69, 9.17) is 5.73 Å². The van der Waals surface area contributed by atoms with Gasteiger partial charge in [0.25, 0.3) is 0 Å². The Bertz CT molecular complexity index is 1220. The number of sulfonamides is 1. The number of aromatic amines is 1. The molecule has 9 heteroatoms. The zero-order valence-electron chi connectivity index (χ0n) is 17.5. The van der Waals surface area contributed by atoms with Gasteiger partial charge in [0.2, 0.25) is 21.8 Å². The minimum absolute atomic E-state index is 0.143. The van der Waals surface area contributed by atoms with E-state index < -0.39 is 33.9 Å². The SMILES string of the molecule is NC(=O)[C@H](Cc1c[nH]c2ccccc12)NC(=O)[C@@H]1CCCCN1S(=O)(=O)c1ccccc1. The minimum Gasteiger partial charge on any atom is -0.368 e. The molecule has 4 rings (SSSR count). The van der Waals surface area contributed by atoms with Crippen molar-refractivity contribution in [3.05, 3.63) is 66.4 Å². The first kappa shape index (κ1) is 22.0. The van der Waals surface area contributed by atoms with E-state index in [-0.39, 0.29) is 17.9 Å². The molecule has 0 radical (unpaired) electrons. The molecule has 0 unspecified atom stereocenters. The van der Waals surface area contributed by atoms with Crippen LogP contribution in [0.15, 0.2) is 65.7 Å². The second-order valence-corrected chi connectivity index (χ2v) is 9.86. The largest absolute Gasteiger partial charge is 0.368 e. The fourth-order valence-corrected chi connectivity index (χ4v) is 5.87. The molecular formula is C23H26N4O4S. The maximum absolute atomic E-state index is 13.2. The van der Waals surface area contributed by atoms with Crippen LogP contribution >= 0.6 is 0 Å². The highest BCUT2D eigenvalue weighted by molar-refractivity contribution is 7.89. The molecule has 32 heavy (non-hydrogen) atoms. The first-order valence-electron chi connectivity index (χ1n) is 10.6. The van der Waals surface area contributed by atoms with Crippen LogP contribution in [-0.4, -0.2) is 48.1 Å². The van der Waals surface area contributed by atoms with E-state index in [0.717, 1.165) is 22.9 Å². The minimum atomic E-state index is -3.84. The van der Waals surface area contributed by atoms with Crippen LogP contribution in [-0.2, 0) is 26.0 Å². The molecule has 2 amide bonds. The molecular weight excluding hydrogens is 428 g/mol. The third-order valence-corrected chi connectivity index (χ3v) is 7.79. The lowest BCUT2D eigenvalue weighted by molar-refractivity contribution is -0.130. The number of carbonyl (C=O) groups is 2. The molecule has 2 aromatic carbocycles. The van der Waals surface area contributed by atoms with E-state index in [1.807, 2.05) is 24.3 Å². The molecule has 8 nitrogen and oxygen atoms in total. The number of H-pyrrole nitrogens is 1. The first-order chi connectivity index (χ1) is 15.4. The second-order valence-electron chi connectivity index (χ2n) is 7.97. The van der Waals surface area contributed by atoms with E-state index in [1.165, 1.54) is 16.4 Å². The molecule has 1 aromatic heterocycles. The molecule has 168 valence electrons. The molecule has 3 aromatic rings. The quantitative estimate of drug-likeness (QED) is 0.504. The summed E-state index contributed by atoms with van der Waals surface area (Å²) in [6.45, 7) is 0.249. The van der Waals surface area contributed by atoms with E-state index in [2.05, 4.69) is 10.3 Å². The van der Waals surface area contributed by atoms with Gasteiger partial charge in [-0.3, -0.25) is 9.59 Å². The molecule has 4 N–H and O–H groups in total. The zero-order valence-corrected chi connectivity index (χ0v) is 18.3. The van der Waals surface area contributed by atoms with Gasteiger partial charge in [0.15, 0.2) is 0 Å². The summed E-state index contributed by atoms with van der Waals surface area (Å²) in [5.41, 5.74) is 7.36. The lowest BCUT2D eigenvalue weighted by Crippen LogP contribution is -2.56. The van der Waals surface area contributed by atoms with Crippen molar-refractivity contribution >= 4 is 32.7 Å². The van der Waals surface area contributed by atoms with Crippen LogP contribution in [0.1, 0.15) is 24.8 Å². The third kappa shape index (κ3) is 4.39. The molecule has 0 bridgehead atoms. The number of nitrogens with one attached hydrogen (secondary N) is 2. The third-order valence-electron chi connectivity index (χ3n) is 5.87. The number of amides is 2. The Kier molecular flexibility index (Phi) is 6.29. The van der Waals surface area contributed by atoms with E-state index in [1.54, 1.807) is 24.4 Å². The zero-order chi connectivity index (χ0) is 22.7. The molecule has 2 heterocycles. The number of nitrogens with two attached hydrogens (primary N) is 1. The summed E-state index contributed by atoms with van der Waals surface area (Å²) in [5, 5.41) is 3.65. The number of aromatic nitrogens is 1. The highest BCUT2D eigenvalue weighted by atomic mass is 32.2. The number of fused-ring (bicyclic) bond motifs is 1. The first-order valence-corrected chi connectivity index (χ1v) is 12.0. The van der Waals surface area contributed by atoms with Crippen LogP contribution < -0.4 is 11.1 Å². The Labute approximate surface area is 186 Å². The molecule has 1 aliphatic heterocycles. The van der Waals surface area contributed by atoms with Crippen LogP contribution in [0.3, 0.4) is 0 Å². The van der Waals surface area contributed by atoms with Crippen molar-refractivity contribution in [2.45, 2.75) is 42.7 Å². The predicted octanol–water partition coefficient (Wildman–Crippen LogP) is 1.92. The maximum atomic E-state index is 13.2. The van der Waals surface area contributed by atoms with Gasteiger partial charge in [0.05, 0.1) is 4.90 Å². The summed E-state index contributed by atoms with van der Waals surface area (Å²) in [5.74, 6) is -1.18. The van der Waals surface area contributed by atoms with Crippen LogP contribution in [0.2, 0.25) is 0 Å². The van der Waals surface area contributed by atoms with Crippen LogP contribution in [0.25, 0.3) is 10.9 Å². The van der Waals surface area contributed by atoms with Crippen LogP contribution in [0.5, 0.6) is 0 Å². The van der Waals surface area contributed by atoms with Gasteiger partial charge < -0.3 is 16.0 Å². The lowest BCUT2D eigenvalue weighted by Gasteiger charge is -2.34. The number of piperidine rings is 1. The topological polar surface area (TPSA) is 125 Å². The van der Waals surface area contributed by atoms with Gasteiger partial charge in [-0.1, -0.05) is 42.8 Å². The van der Waals surface area contributed by atoms with E-state index in [9.17, 15) is 18.0 Å². The number of rotatable bonds is 7. The molecule has 1 fully saturated rings. The number of primary amides is 1. The van der Waals surface area contributed by atoms with Gasteiger partial charge in [-0.2, -0.15) is 4.31 Å². The number of benzene rings is 2. The number of nitrogens with zero attached hydrogens (tertiary/aromatic N) is 1. The highest BCUT2D eigenvalue weighted by Gasteiger charge is 2.38. The van der Waals surface area contributed by atoms with Crippen molar-refractivity contribution < 1.29 is 18.0 Å². The van der Waals surface area contributed by atoms with Gasteiger partial charge >= 0.3 is 0 Å². The van der Waals surface area contributed by atoms with E-state index >= 15 is 0 Å². The Hall–Kier alpha value is -3.17. The maximum Gasteiger partial charge on any atom is 0.243 e. The van der Waals surface area contributed by atoms with Gasteiger partial charge in [-0.25, -0.2) is 8.42 Å². The Morgan fingerprint density at radius 3 is 2.56 bits per heavy atom. The van der Waals surface area contributed by atoms with Crippen molar-refractivity contribution in [1.82, 2.24) is 14.6 Å². The Morgan fingerprint density at radius 1 is 1.09 bits per heavy atom. The number of para-hydroxylation sites is 1. The van der Waals surface area contributed by atoms with Crippen LogP contribution in [0, 0.1) is 0 Å². The van der Waals surface area contributed by atoms with Gasteiger partial charge in [-0.15, -0.1) is 0 Å². The monoisotopic (exact) mass is 454 g/mol. The standard InChI is InChI=1S/C23H26N4O4S/c24-22(28)20(14-16-15-25-19-11-5-4-10-18(16)19)26-23(29)21-12-6-7-13-27(21)32(30,31)17-8-2-1-3-9-17/h1-5,8-11,15,20-21,25H,6-7,12-14H2,(H2,24,28)(H,26,29)/t20-,21-/m0/s1. The van der Waals surface area contributed by atoms with Crippen molar-refractivity contribution in [2.75, 3.05) is 6.54 Å². The summed E-state index contributed by atoms with van der Waals surface area (Å²) in [6, 6.07) is 13.9. The number of carbonyl (C=O) groups excluding carboxylic acids is 2. The number of hydrogen-bond donors (Lipinski definition) is 3. The molecule has 0 saturated carbocycles. The fraction of sp³-hybridized carbons (Fsp3) is 0.304. The smallest absolute Gasteiger partial charge is 0.243 e. The molecule has 2 atom stereocenters. The summed E-state index contributed by atoms with van der Waals surface area (Å²) < 4.78 is 27.6. The Balaban J connectivity index is 1.55. The van der Waals surface area contributed by atoms with Crippen molar-refractivity contribution in [1.29, 1.82) is 0 Å². The average Bonchev–Trinajstić information content (AvgIpc) is 3.22. The summed E-state index contributed by atoms with van der Waals surface area (Å²) in [7, 11) is -3.84. The van der Waals surface area contributed by atoms with E-state index in [0.29, 0.717) is 12.8 Å². The molecule has 1 aliphatic rings. The van der Waals surface area contributed by atoms with Crippen LogP contribution in [0.4, 0.5) is 0 Å². The average molecular weight is 455 g/mol. The summed E-state index contributed by atoms with van der Waals surface area (Å²) >= 11 is 0. The van der Waals surface area contributed by atoms with Gasteiger partial charge in [-0.05, 0) is 36.6 Å². The lowest BCUT2D eigenvalue weighted by atomic mass is 10.0. The van der Waals surface area contributed by atoms with Crippen molar-refractivity contribution in [3.8, 4) is 0 Å². The highest BCUT2D eigenvalue weighted by Crippen LogP contribution is 2.26. The molecule has 0 spiro atoms. The van der Waals surface area contributed by atoms with Gasteiger partial charge in [0, 0.05) is 30.1 Å². The summed E-state index contributed by atoms with van der Waals surface area (Å²) in [6.07, 6.45) is 3.78. The normalized spacial score (nSPS) is 18.3. The molecule has 0 aliphatic carbocycles. The number of hydrogen-bond acceptors (Lipinski definition) is 4. The Morgan fingerprint density at radius 2 is 1.81 bits per heavy atom. The van der Waals surface area contributed by atoms with Crippen molar-refractivity contribution in [2.24, 2.45) is 5.73 Å².